The number of carboxylic acid groups (broad SMARTS) is 1. The first kappa shape index (κ1) is 14.0. The minimum Gasteiger partial charge on any atom is -0.474 e. The van der Waals surface area contributed by atoms with Crippen LogP contribution < -0.4 is 9.47 Å². The van der Waals surface area contributed by atoms with Crippen molar-refractivity contribution < 1.29 is 41.3 Å². The lowest BCUT2D eigenvalue weighted by molar-refractivity contribution is -0.274. The van der Waals surface area contributed by atoms with Crippen LogP contribution in [0.25, 0.3) is 0 Å². The average molecular weight is 272 g/mol. The molecule has 1 N–H and O–H groups in total. The van der Waals surface area contributed by atoms with Crippen LogP contribution in [0.2, 0.25) is 0 Å². The van der Waals surface area contributed by atoms with E-state index in [4.69, 9.17) is 5.11 Å². The van der Waals surface area contributed by atoms with Crippen molar-refractivity contribution in [3.8, 4) is 11.5 Å². The molecule has 9 heteroatoms. The molecule has 1 aromatic rings. The monoisotopic (exact) mass is 272 g/mol. The standard InChI is InChI=1S/C9H5F5O4/c10-8(11,7(15)16)17-5-1-3-6(4-2-5)18-9(12,13)14/h1-4H,(H,15,16). The van der Waals surface area contributed by atoms with Crippen molar-refractivity contribution in [2.45, 2.75) is 12.5 Å². The highest BCUT2D eigenvalue weighted by molar-refractivity contribution is 5.73. The minimum absolute atomic E-state index is 0.614. The van der Waals surface area contributed by atoms with Crippen LogP contribution in [0.3, 0.4) is 0 Å². The second-order valence-electron chi connectivity index (χ2n) is 2.94. The predicted octanol–water partition coefficient (Wildman–Crippen LogP) is 2.64. The number of hydrogen-bond donors (Lipinski definition) is 1. The molecule has 0 aliphatic rings. The van der Waals surface area contributed by atoms with E-state index in [1.165, 1.54) is 0 Å². The van der Waals surface area contributed by atoms with Gasteiger partial charge >= 0.3 is 18.4 Å². The van der Waals surface area contributed by atoms with E-state index < -0.39 is 29.9 Å². The summed E-state index contributed by atoms with van der Waals surface area (Å²) in [5.74, 6) is -3.77. The normalized spacial score (nSPS) is 12.1. The SMILES string of the molecule is O=C(O)C(F)(F)Oc1ccc(OC(F)(F)F)cc1. The smallest absolute Gasteiger partial charge is 0.474 e. The van der Waals surface area contributed by atoms with E-state index >= 15 is 0 Å². The van der Waals surface area contributed by atoms with Crippen LogP contribution in [-0.4, -0.2) is 23.5 Å². The van der Waals surface area contributed by atoms with Gasteiger partial charge in [0.2, 0.25) is 0 Å². The van der Waals surface area contributed by atoms with Crippen LogP contribution in [0, 0.1) is 0 Å². The highest BCUT2D eigenvalue weighted by Gasteiger charge is 2.42. The van der Waals surface area contributed by atoms with Gasteiger partial charge in [-0.25, -0.2) is 4.79 Å². The number of aliphatic carboxylic acids is 1. The van der Waals surface area contributed by atoms with Crippen molar-refractivity contribution in [1.29, 1.82) is 0 Å². The molecule has 0 fully saturated rings. The maximum absolute atomic E-state index is 12.6. The van der Waals surface area contributed by atoms with Gasteiger partial charge in [-0.1, -0.05) is 0 Å². The van der Waals surface area contributed by atoms with Crippen molar-refractivity contribution in [2.24, 2.45) is 0 Å². The third kappa shape index (κ3) is 4.07. The Bertz CT molecular complexity index is 426. The van der Waals surface area contributed by atoms with Gasteiger partial charge in [0.25, 0.3) is 0 Å². The number of carboxylic acids is 1. The fourth-order valence-electron chi connectivity index (χ4n) is 0.901. The van der Waals surface area contributed by atoms with Gasteiger partial charge in [0.15, 0.2) is 0 Å². The fourth-order valence-corrected chi connectivity index (χ4v) is 0.901. The predicted molar refractivity (Wildman–Crippen MR) is 46.3 cm³/mol. The lowest BCUT2D eigenvalue weighted by Gasteiger charge is -2.14. The molecule has 0 saturated heterocycles. The third-order valence-electron chi connectivity index (χ3n) is 1.55. The molecule has 0 bridgehead atoms. The van der Waals surface area contributed by atoms with E-state index in [1.54, 1.807) is 0 Å². The first-order valence-corrected chi connectivity index (χ1v) is 4.26. The van der Waals surface area contributed by atoms with Gasteiger partial charge in [-0.05, 0) is 24.3 Å². The first-order chi connectivity index (χ1) is 8.10. The molecule has 0 amide bonds. The number of benzene rings is 1. The van der Waals surface area contributed by atoms with Crippen molar-refractivity contribution in [3.63, 3.8) is 0 Å². The van der Waals surface area contributed by atoms with Crippen LogP contribution in [0.5, 0.6) is 11.5 Å². The van der Waals surface area contributed by atoms with E-state index in [1.807, 2.05) is 0 Å². The van der Waals surface area contributed by atoms with Gasteiger partial charge in [0.05, 0.1) is 0 Å². The molecule has 0 heterocycles. The Morgan fingerprint density at radius 2 is 1.33 bits per heavy atom. The Labute approximate surface area is 96.5 Å². The summed E-state index contributed by atoms with van der Waals surface area (Å²) in [7, 11) is 0. The van der Waals surface area contributed by atoms with Crippen LogP contribution >= 0.6 is 0 Å². The molecule has 1 rings (SSSR count). The summed E-state index contributed by atoms with van der Waals surface area (Å²) in [6, 6.07) is 2.86. The van der Waals surface area contributed by atoms with E-state index in [2.05, 4.69) is 9.47 Å². The van der Waals surface area contributed by atoms with Gasteiger partial charge in [-0.3, -0.25) is 0 Å². The van der Waals surface area contributed by atoms with Gasteiger partial charge in [-0.2, -0.15) is 8.78 Å². The zero-order valence-corrected chi connectivity index (χ0v) is 8.37. The Morgan fingerprint density at radius 1 is 0.944 bits per heavy atom. The Balaban J connectivity index is 2.75. The fraction of sp³-hybridized carbons (Fsp3) is 0.222. The van der Waals surface area contributed by atoms with Crippen LogP contribution in [0.15, 0.2) is 24.3 Å². The highest BCUT2D eigenvalue weighted by atomic mass is 19.4. The summed E-state index contributed by atoms with van der Waals surface area (Å²) in [5.41, 5.74) is 0. The molecule has 0 aromatic heterocycles. The summed E-state index contributed by atoms with van der Waals surface area (Å²) in [5, 5.41) is 8.06. The van der Waals surface area contributed by atoms with Gasteiger partial charge in [0.1, 0.15) is 11.5 Å². The van der Waals surface area contributed by atoms with Gasteiger partial charge < -0.3 is 14.6 Å². The van der Waals surface area contributed by atoms with Gasteiger partial charge in [-0.15, -0.1) is 13.2 Å². The molecule has 0 radical (unpaired) electrons. The van der Waals surface area contributed by atoms with Crippen molar-refractivity contribution in [2.75, 3.05) is 0 Å². The molecule has 0 atom stereocenters. The molecule has 1 aromatic carbocycles. The maximum atomic E-state index is 12.6. The molecule has 0 aliphatic carbocycles. The lowest BCUT2D eigenvalue weighted by Crippen LogP contribution is -2.34. The topological polar surface area (TPSA) is 55.8 Å². The molecule has 0 saturated carbocycles. The van der Waals surface area contributed by atoms with E-state index in [0.29, 0.717) is 12.1 Å². The summed E-state index contributed by atoms with van der Waals surface area (Å²) >= 11 is 0. The average Bonchev–Trinajstić information content (AvgIpc) is 2.18. The number of alkyl halides is 5. The van der Waals surface area contributed by atoms with Crippen molar-refractivity contribution in [1.82, 2.24) is 0 Å². The minimum atomic E-state index is -4.91. The number of rotatable bonds is 4. The van der Waals surface area contributed by atoms with Crippen molar-refractivity contribution >= 4 is 5.97 Å². The number of ether oxygens (including phenoxy) is 2. The molecular weight excluding hydrogens is 267 g/mol. The molecule has 4 nitrogen and oxygen atoms in total. The van der Waals surface area contributed by atoms with Crippen LogP contribution in [0.4, 0.5) is 22.0 Å². The van der Waals surface area contributed by atoms with E-state index in [-0.39, 0.29) is 0 Å². The molecule has 0 aliphatic heterocycles. The quantitative estimate of drug-likeness (QED) is 0.856. The second kappa shape index (κ2) is 4.67. The zero-order valence-electron chi connectivity index (χ0n) is 8.37. The van der Waals surface area contributed by atoms with Crippen LogP contribution in [0.1, 0.15) is 0 Å². The van der Waals surface area contributed by atoms with E-state index in [0.717, 1.165) is 12.1 Å². The Kier molecular flexibility index (Phi) is 3.63. The number of halogens is 5. The molecule has 0 spiro atoms. The second-order valence-corrected chi connectivity index (χ2v) is 2.94. The lowest BCUT2D eigenvalue weighted by atomic mass is 10.3. The Hall–Kier alpha value is -2.06. The Morgan fingerprint density at radius 3 is 1.67 bits per heavy atom. The molecule has 18 heavy (non-hydrogen) atoms. The maximum Gasteiger partial charge on any atom is 0.573 e. The summed E-state index contributed by atoms with van der Waals surface area (Å²) in [4.78, 5) is 10.0. The first-order valence-electron chi connectivity index (χ1n) is 4.26. The number of hydrogen-bond acceptors (Lipinski definition) is 3. The van der Waals surface area contributed by atoms with Gasteiger partial charge in [0, 0.05) is 0 Å². The molecule has 100 valence electrons. The number of carbonyl (C=O) groups is 1. The third-order valence-corrected chi connectivity index (χ3v) is 1.55. The molecular formula is C9H5F5O4. The summed E-state index contributed by atoms with van der Waals surface area (Å²) in [6.07, 6.45) is -9.38. The summed E-state index contributed by atoms with van der Waals surface area (Å²) in [6.45, 7) is 0. The highest BCUT2D eigenvalue weighted by Crippen LogP contribution is 2.27. The zero-order chi connectivity index (χ0) is 14.0. The largest absolute Gasteiger partial charge is 0.573 e. The van der Waals surface area contributed by atoms with E-state index in [9.17, 15) is 26.7 Å². The molecule has 0 unspecified atom stereocenters. The van der Waals surface area contributed by atoms with Crippen molar-refractivity contribution in [3.05, 3.63) is 24.3 Å². The summed E-state index contributed by atoms with van der Waals surface area (Å²) < 4.78 is 67.7. The van der Waals surface area contributed by atoms with Crippen LogP contribution in [-0.2, 0) is 4.79 Å².